The predicted octanol–water partition coefficient (Wildman–Crippen LogP) is 20.8. The molecule has 0 radical (unpaired) electrons. The first-order valence-corrected chi connectivity index (χ1v) is 37.4. The Hall–Kier alpha value is -1.85. The van der Waals surface area contributed by atoms with Gasteiger partial charge in [-0.15, -0.1) is 0 Å². The van der Waals surface area contributed by atoms with Crippen LogP contribution in [0.25, 0.3) is 0 Å². The summed E-state index contributed by atoms with van der Waals surface area (Å²) < 4.78 is 11.3. The van der Waals surface area contributed by atoms with Crippen molar-refractivity contribution in [3.05, 3.63) is 48.6 Å². The summed E-state index contributed by atoms with van der Waals surface area (Å²) in [5, 5.41) is 54.9. The van der Waals surface area contributed by atoms with Crippen molar-refractivity contribution in [2.45, 2.75) is 416 Å². The summed E-state index contributed by atoms with van der Waals surface area (Å²) >= 11 is 0. The molecule has 1 amide bonds. The van der Waals surface area contributed by atoms with Crippen molar-refractivity contribution in [1.29, 1.82) is 0 Å². The third-order valence-electron chi connectivity index (χ3n) is 17.9. The highest BCUT2D eigenvalue weighted by molar-refractivity contribution is 5.76. The molecule has 6 N–H and O–H groups in total. The zero-order chi connectivity index (χ0) is 61.4. The zero-order valence-corrected chi connectivity index (χ0v) is 56.1. The highest BCUT2D eigenvalue weighted by Crippen LogP contribution is 2.24. The van der Waals surface area contributed by atoms with Crippen LogP contribution in [0.5, 0.6) is 0 Å². The van der Waals surface area contributed by atoms with Crippen molar-refractivity contribution in [2.75, 3.05) is 13.2 Å². The van der Waals surface area contributed by atoms with Gasteiger partial charge in [0.2, 0.25) is 5.91 Å². The molecule has 500 valence electrons. The van der Waals surface area contributed by atoms with Gasteiger partial charge in [0.25, 0.3) is 0 Å². The largest absolute Gasteiger partial charge is 0.394 e. The molecule has 0 bridgehead atoms. The van der Waals surface area contributed by atoms with Gasteiger partial charge in [0.05, 0.1) is 25.4 Å². The van der Waals surface area contributed by atoms with Crippen LogP contribution in [0.3, 0.4) is 0 Å². The smallest absolute Gasteiger partial charge is 0.220 e. The average molecular weight is 1200 g/mol. The van der Waals surface area contributed by atoms with Crippen LogP contribution in [0.1, 0.15) is 373 Å². The monoisotopic (exact) mass is 1200 g/mol. The van der Waals surface area contributed by atoms with Crippen molar-refractivity contribution >= 4 is 5.91 Å². The standard InChI is InChI=1S/C76H143NO8/c1-3-5-7-9-11-13-15-17-19-21-23-25-27-29-31-33-35-37-39-41-43-45-47-49-51-53-55-57-59-61-63-65-70(79)69(68-84-76-75(83)74(82)73(81)71(67-78)85-76)77-72(80)66-64-62-60-58-56-54-52-50-48-46-44-42-40-38-36-34-32-30-28-26-24-22-20-18-16-14-12-10-8-6-4-2/h16,18,22,24,28,30,63,65,69-71,73-76,78-79,81-83H,3-15,17,19-21,23,25-27,29,31-62,64,66-68H2,1-2H3,(H,77,80)/b18-16-,24-22-,30-28-,65-63+. The van der Waals surface area contributed by atoms with Gasteiger partial charge >= 0.3 is 0 Å². The first-order chi connectivity index (χ1) is 41.8. The number of amides is 1. The van der Waals surface area contributed by atoms with Gasteiger partial charge in [-0.2, -0.15) is 0 Å². The third kappa shape index (κ3) is 53.7. The molecule has 0 aromatic rings. The van der Waals surface area contributed by atoms with Crippen molar-refractivity contribution < 1.29 is 39.8 Å². The summed E-state index contributed by atoms with van der Waals surface area (Å²) in [6.07, 6.45) is 82.3. The molecule has 0 aromatic heterocycles. The quantitative estimate of drug-likeness (QED) is 0.0261. The highest BCUT2D eigenvalue weighted by Gasteiger charge is 2.44. The second-order valence-corrected chi connectivity index (χ2v) is 26.1. The first kappa shape index (κ1) is 81.2. The number of carbonyl (C=O) groups excluding carboxylic acids is 1. The summed E-state index contributed by atoms with van der Waals surface area (Å²) in [4.78, 5) is 13.2. The zero-order valence-electron chi connectivity index (χ0n) is 56.1. The van der Waals surface area contributed by atoms with Gasteiger partial charge in [0.1, 0.15) is 24.4 Å². The number of allylic oxidation sites excluding steroid dienone is 7. The van der Waals surface area contributed by atoms with Crippen LogP contribution in [-0.2, 0) is 14.3 Å². The number of rotatable bonds is 66. The van der Waals surface area contributed by atoms with E-state index in [2.05, 4.69) is 55.6 Å². The third-order valence-corrected chi connectivity index (χ3v) is 17.9. The molecule has 7 atom stereocenters. The lowest BCUT2D eigenvalue weighted by Gasteiger charge is -2.40. The minimum Gasteiger partial charge on any atom is -0.394 e. The molecule has 85 heavy (non-hydrogen) atoms. The number of hydrogen-bond acceptors (Lipinski definition) is 8. The van der Waals surface area contributed by atoms with Crippen LogP contribution in [0.2, 0.25) is 0 Å². The maximum Gasteiger partial charge on any atom is 0.220 e. The first-order valence-electron chi connectivity index (χ1n) is 37.4. The number of ether oxygens (including phenoxy) is 2. The van der Waals surface area contributed by atoms with E-state index in [0.29, 0.717) is 6.42 Å². The number of unbranched alkanes of at least 4 members (excludes halogenated alkanes) is 50. The van der Waals surface area contributed by atoms with Crippen molar-refractivity contribution in [3.63, 3.8) is 0 Å². The molecule has 1 aliphatic rings. The van der Waals surface area contributed by atoms with Gasteiger partial charge in [-0.25, -0.2) is 0 Å². The lowest BCUT2D eigenvalue weighted by molar-refractivity contribution is -0.302. The Balaban J connectivity index is 2.11. The topological polar surface area (TPSA) is 149 Å². The molecule has 0 spiro atoms. The minimum absolute atomic E-state index is 0.171. The summed E-state index contributed by atoms with van der Waals surface area (Å²) in [6.45, 7) is 3.82. The number of nitrogens with one attached hydrogen (secondary N) is 1. The fraction of sp³-hybridized carbons (Fsp3) is 0.882. The van der Waals surface area contributed by atoms with E-state index in [1.165, 1.54) is 302 Å². The lowest BCUT2D eigenvalue weighted by Crippen LogP contribution is -2.60. The normalized spacial score (nSPS) is 18.3. The van der Waals surface area contributed by atoms with Gasteiger partial charge in [0.15, 0.2) is 6.29 Å². The molecule has 1 heterocycles. The second kappa shape index (κ2) is 65.1. The number of carbonyl (C=O) groups is 1. The van der Waals surface area contributed by atoms with Gasteiger partial charge < -0.3 is 40.3 Å². The molecule has 7 unspecified atom stereocenters. The van der Waals surface area contributed by atoms with E-state index in [4.69, 9.17) is 9.47 Å². The molecule has 0 aromatic carbocycles. The summed E-state index contributed by atoms with van der Waals surface area (Å²) in [5.41, 5.74) is 0. The van der Waals surface area contributed by atoms with Crippen LogP contribution < -0.4 is 5.32 Å². The van der Waals surface area contributed by atoms with Crippen LogP contribution in [-0.4, -0.2) is 87.5 Å². The van der Waals surface area contributed by atoms with E-state index in [1.54, 1.807) is 6.08 Å². The van der Waals surface area contributed by atoms with Gasteiger partial charge in [-0.1, -0.05) is 358 Å². The average Bonchev–Trinajstić information content (AvgIpc) is 3.54. The molecule has 1 rings (SSSR count). The number of aliphatic hydroxyl groups is 5. The van der Waals surface area contributed by atoms with E-state index in [0.717, 1.165) is 51.4 Å². The molecule has 1 saturated heterocycles. The second-order valence-electron chi connectivity index (χ2n) is 26.1. The Morgan fingerprint density at radius 3 is 1.02 bits per heavy atom. The molecule has 9 nitrogen and oxygen atoms in total. The van der Waals surface area contributed by atoms with Crippen molar-refractivity contribution in [2.24, 2.45) is 0 Å². The minimum atomic E-state index is -1.57. The SMILES string of the molecule is CCCCCCC/C=C\C/C=C\C/C=C\CCCCCCCCCCCCCCCCCCC(=O)NC(COC1OC(CO)C(O)C(O)C1O)C(O)/C=C/CCCCCCCCCCCCCCCCCCCCCCCCCCCCCCC. The molecule has 0 aliphatic carbocycles. The van der Waals surface area contributed by atoms with Gasteiger partial charge in [0, 0.05) is 6.42 Å². The maximum absolute atomic E-state index is 13.2. The van der Waals surface area contributed by atoms with E-state index in [1.807, 2.05) is 6.08 Å². The Kier molecular flexibility index (Phi) is 62.2. The van der Waals surface area contributed by atoms with Crippen LogP contribution in [0.4, 0.5) is 0 Å². The molecular weight excluding hydrogens is 1050 g/mol. The number of aliphatic hydroxyl groups excluding tert-OH is 5. The fourth-order valence-corrected chi connectivity index (χ4v) is 12.1. The number of hydrogen-bond donors (Lipinski definition) is 6. The van der Waals surface area contributed by atoms with Crippen LogP contribution >= 0.6 is 0 Å². The Morgan fingerprint density at radius 2 is 0.694 bits per heavy atom. The lowest BCUT2D eigenvalue weighted by atomic mass is 9.99. The maximum atomic E-state index is 13.2. The van der Waals surface area contributed by atoms with Crippen molar-refractivity contribution in [3.8, 4) is 0 Å². The molecule has 1 fully saturated rings. The Morgan fingerprint density at radius 1 is 0.400 bits per heavy atom. The van der Waals surface area contributed by atoms with E-state index < -0.39 is 49.5 Å². The van der Waals surface area contributed by atoms with E-state index >= 15 is 0 Å². The molecule has 0 saturated carbocycles. The van der Waals surface area contributed by atoms with Crippen LogP contribution in [0.15, 0.2) is 48.6 Å². The van der Waals surface area contributed by atoms with Gasteiger partial charge in [-0.3, -0.25) is 4.79 Å². The summed E-state index contributed by atoms with van der Waals surface area (Å²) in [7, 11) is 0. The van der Waals surface area contributed by atoms with E-state index in [-0.39, 0.29) is 12.5 Å². The highest BCUT2D eigenvalue weighted by atomic mass is 16.7. The molecule has 9 heteroatoms. The Bertz CT molecular complexity index is 1480. The van der Waals surface area contributed by atoms with E-state index in [9.17, 15) is 30.3 Å². The van der Waals surface area contributed by atoms with Gasteiger partial charge in [-0.05, 0) is 57.8 Å². The predicted molar refractivity (Wildman–Crippen MR) is 364 cm³/mol. The summed E-state index contributed by atoms with van der Waals surface area (Å²) in [5.74, 6) is -0.171. The molecule has 1 aliphatic heterocycles. The summed E-state index contributed by atoms with van der Waals surface area (Å²) in [6, 6.07) is -0.807. The van der Waals surface area contributed by atoms with Crippen molar-refractivity contribution in [1.82, 2.24) is 5.32 Å². The Labute approximate surface area is 526 Å². The fourth-order valence-electron chi connectivity index (χ4n) is 12.1. The van der Waals surface area contributed by atoms with Crippen LogP contribution in [0, 0.1) is 0 Å². The molecular formula is C76H143NO8.